The van der Waals surface area contributed by atoms with E-state index in [1.54, 1.807) is 19.2 Å². The number of carbonyl (C=O) groups excluding carboxylic acids is 1. The number of halogens is 1. The zero-order chi connectivity index (χ0) is 18.6. The number of benzene rings is 1. The quantitative estimate of drug-likeness (QED) is 0.636. The molecule has 0 saturated carbocycles. The van der Waals surface area contributed by atoms with Gasteiger partial charge in [-0.2, -0.15) is 0 Å². The van der Waals surface area contributed by atoms with Gasteiger partial charge >= 0.3 is 0 Å². The minimum atomic E-state index is -0.254. The van der Waals surface area contributed by atoms with Crippen LogP contribution in [0.5, 0.6) is 0 Å². The van der Waals surface area contributed by atoms with Crippen molar-refractivity contribution in [3.63, 3.8) is 0 Å². The summed E-state index contributed by atoms with van der Waals surface area (Å²) in [5, 5.41) is 4.06. The summed E-state index contributed by atoms with van der Waals surface area (Å²) in [5.74, 6) is 0.387. The van der Waals surface area contributed by atoms with Gasteiger partial charge < -0.3 is 5.32 Å². The van der Waals surface area contributed by atoms with Crippen molar-refractivity contribution in [3.8, 4) is 0 Å². The molecule has 6 heteroatoms. The molecule has 25 heavy (non-hydrogen) atoms. The van der Waals surface area contributed by atoms with E-state index in [1.165, 1.54) is 24.3 Å². The monoisotopic (exact) mass is 359 g/mol. The van der Waals surface area contributed by atoms with E-state index in [9.17, 15) is 9.18 Å². The number of carbonyl (C=O) groups is 1. The molecule has 0 radical (unpaired) electrons. The van der Waals surface area contributed by atoms with E-state index in [1.807, 2.05) is 19.9 Å². The first-order valence-corrected chi connectivity index (χ1v) is 8.89. The maximum atomic E-state index is 14.3. The fourth-order valence-corrected chi connectivity index (χ4v) is 3.14. The molecular weight excluding hydrogens is 337 g/mol. The molecule has 0 fully saturated rings. The van der Waals surface area contributed by atoms with Gasteiger partial charge in [-0.15, -0.1) is 11.3 Å². The number of thiazole rings is 1. The molecule has 4 nitrogen and oxygen atoms in total. The van der Waals surface area contributed by atoms with Crippen LogP contribution in [0.15, 0.2) is 23.2 Å². The normalized spacial score (nSPS) is 12.7. The third-order valence-corrected chi connectivity index (χ3v) is 4.48. The first-order chi connectivity index (χ1) is 11.8. The zero-order valence-electron chi connectivity index (χ0n) is 14.9. The molecule has 0 aliphatic carbocycles. The number of rotatable bonds is 6. The SMILES string of the molecule is C=c1sc(C(C)=O)n/c1=C(/N=CC)Nc1cccc(F)c1CC(C)C. The van der Waals surface area contributed by atoms with Crippen LogP contribution < -0.4 is 15.2 Å². The lowest BCUT2D eigenvalue weighted by molar-refractivity contribution is 0.101. The number of nitrogens with zero attached hydrogens (tertiary/aromatic N) is 2. The molecule has 0 aliphatic heterocycles. The fraction of sp³-hybridized carbons (Fsp3) is 0.316. The van der Waals surface area contributed by atoms with Crippen LogP contribution in [0.2, 0.25) is 0 Å². The molecule has 1 aromatic heterocycles. The number of nitrogens with one attached hydrogen (secondary N) is 1. The number of hydrogen-bond donors (Lipinski definition) is 1. The summed E-state index contributed by atoms with van der Waals surface area (Å²) in [6, 6.07) is 4.92. The Labute approximate surface area is 150 Å². The van der Waals surface area contributed by atoms with Crippen LogP contribution in [0.25, 0.3) is 12.4 Å². The van der Waals surface area contributed by atoms with Gasteiger partial charge in [0.25, 0.3) is 0 Å². The van der Waals surface area contributed by atoms with Crippen molar-refractivity contribution in [2.45, 2.75) is 34.1 Å². The molecule has 1 aromatic carbocycles. The fourth-order valence-electron chi connectivity index (χ4n) is 2.39. The van der Waals surface area contributed by atoms with Crippen LogP contribution in [0.1, 0.15) is 43.1 Å². The van der Waals surface area contributed by atoms with Crippen LogP contribution in [0.3, 0.4) is 0 Å². The second kappa shape index (κ2) is 8.16. The number of Topliss-reactive ketones (excluding diaryl/α,β-unsaturated/α-hetero) is 1. The summed E-state index contributed by atoms with van der Waals surface area (Å²) >= 11 is 1.22. The molecule has 0 aliphatic rings. The minimum Gasteiger partial charge on any atom is -0.338 e. The van der Waals surface area contributed by atoms with Crippen molar-refractivity contribution in [2.24, 2.45) is 10.9 Å². The van der Waals surface area contributed by atoms with Crippen LogP contribution in [-0.2, 0) is 6.42 Å². The predicted octanol–water partition coefficient (Wildman–Crippen LogP) is 3.36. The molecule has 0 spiro atoms. The first-order valence-electron chi connectivity index (χ1n) is 8.07. The Morgan fingerprint density at radius 2 is 2.20 bits per heavy atom. The van der Waals surface area contributed by atoms with Crippen molar-refractivity contribution in [3.05, 3.63) is 44.5 Å². The van der Waals surface area contributed by atoms with E-state index in [4.69, 9.17) is 0 Å². The van der Waals surface area contributed by atoms with Crippen molar-refractivity contribution in [1.29, 1.82) is 0 Å². The minimum absolute atomic E-state index is 0.118. The van der Waals surface area contributed by atoms with Gasteiger partial charge in [0, 0.05) is 24.4 Å². The third kappa shape index (κ3) is 4.60. The average molecular weight is 359 g/mol. The first kappa shape index (κ1) is 19.0. The van der Waals surface area contributed by atoms with Crippen molar-refractivity contribution in [1.82, 2.24) is 4.98 Å². The van der Waals surface area contributed by atoms with Gasteiger partial charge in [0.15, 0.2) is 16.6 Å². The van der Waals surface area contributed by atoms with E-state index < -0.39 is 0 Å². The van der Waals surface area contributed by atoms with Crippen LogP contribution in [0.4, 0.5) is 10.1 Å². The number of aliphatic imine (C=N–C) groups is 1. The lowest BCUT2D eigenvalue weighted by atomic mass is 10.0. The molecule has 2 rings (SSSR count). The summed E-state index contributed by atoms with van der Waals surface area (Å²) in [6.07, 6.45) is 2.22. The van der Waals surface area contributed by atoms with Crippen LogP contribution in [0, 0.1) is 11.7 Å². The van der Waals surface area contributed by atoms with E-state index in [0.717, 1.165) is 0 Å². The average Bonchev–Trinajstić information content (AvgIpc) is 2.92. The molecule has 0 amide bonds. The number of anilines is 1. The Morgan fingerprint density at radius 1 is 1.48 bits per heavy atom. The van der Waals surface area contributed by atoms with Crippen LogP contribution >= 0.6 is 11.3 Å². The highest BCUT2D eigenvalue weighted by Crippen LogP contribution is 2.24. The maximum Gasteiger partial charge on any atom is 0.188 e. The predicted molar refractivity (Wildman–Crippen MR) is 103 cm³/mol. The van der Waals surface area contributed by atoms with Crippen molar-refractivity contribution >= 4 is 41.4 Å². The summed E-state index contributed by atoms with van der Waals surface area (Å²) < 4.78 is 14.9. The summed E-state index contributed by atoms with van der Waals surface area (Å²) in [7, 11) is 0. The van der Waals surface area contributed by atoms with E-state index >= 15 is 0 Å². The van der Waals surface area contributed by atoms with Gasteiger partial charge in [-0.1, -0.05) is 26.5 Å². The van der Waals surface area contributed by atoms with Gasteiger partial charge in [-0.25, -0.2) is 14.4 Å². The standard InChI is InChI=1S/C19H22FN3OS/c1-6-21-18(17-13(5)25-19(23-17)12(4)24)22-16-9-7-8-15(20)14(16)10-11(2)3/h6-9,11,22H,5,10H2,1-4H3/b18-17-,21-6?. The Kier molecular flexibility index (Phi) is 6.20. The number of hydrogen-bond acceptors (Lipinski definition) is 5. The third-order valence-electron chi connectivity index (χ3n) is 3.47. The lowest BCUT2D eigenvalue weighted by Gasteiger charge is -2.14. The Hall–Kier alpha value is -2.34. The van der Waals surface area contributed by atoms with Crippen molar-refractivity contribution in [2.75, 3.05) is 5.32 Å². The Morgan fingerprint density at radius 3 is 2.76 bits per heavy atom. The summed E-state index contributed by atoms with van der Waals surface area (Å²) in [5.41, 5.74) is 1.25. The van der Waals surface area contributed by atoms with Crippen LogP contribution in [-0.4, -0.2) is 17.0 Å². The number of aromatic nitrogens is 1. The second-order valence-electron chi connectivity index (χ2n) is 6.07. The van der Waals surface area contributed by atoms with Gasteiger partial charge in [-0.05, 0) is 31.4 Å². The number of ketones is 1. The zero-order valence-corrected chi connectivity index (χ0v) is 15.7. The summed E-state index contributed by atoms with van der Waals surface area (Å²) in [4.78, 5) is 20.2. The molecule has 0 saturated heterocycles. The molecule has 1 N–H and O–H groups in total. The molecule has 0 bridgehead atoms. The molecular formula is C19H22FN3OS. The van der Waals surface area contributed by atoms with Crippen molar-refractivity contribution < 1.29 is 9.18 Å². The Bertz CT molecular complexity index is 915. The van der Waals surface area contributed by atoms with Gasteiger partial charge in [0.2, 0.25) is 0 Å². The molecule has 2 aromatic rings. The van der Waals surface area contributed by atoms with Gasteiger partial charge in [-0.3, -0.25) is 4.79 Å². The van der Waals surface area contributed by atoms with E-state index in [0.29, 0.717) is 44.3 Å². The topological polar surface area (TPSA) is 54.4 Å². The van der Waals surface area contributed by atoms with E-state index in [2.05, 4.69) is 21.9 Å². The largest absolute Gasteiger partial charge is 0.338 e. The highest BCUT2D eigenvalue weighted by molar-refractivity contribution is 7.11. The highest BCUT2D eigenvalue weighted by Gasteiger charge is 2.13. The summed E-state index contributed by atoms with van der Waals surface area (Å²) in [6.45, 7) is 11.3. The van der Waals surface area contributed by atoms with E-state index in [-0.39, 0.29) is 11.6 Å². The second-order valence-corrected chi connectivity index (χ2v) is 7.16. The molecule has 132 valence electrons. The molecule has 0 unspecified atom stereocenters. The molecule has 0 atom stereocenters. The highest BCUT2D eigenvalue weighted by atomic mass is 32.1. The van der Waals surface area contributed by atoms with Gasteiger partial charge in [0.1, 0.15) is 11.2 Å². The maximum absolute atomic E-state index is 14.3. The lowest BCUT2D eigenvalue weighted by Crippen LogP contribution is -2.26. The molecule has 1 heterocycles. The van der Waals surface area contributed by atoms with Gasteiger partial charge in [0.05, 0.1) is 4.53 Å². The Balaban J connectivity index is 2.59. The smallest absolute Gasteiger partial charge is 0.188 e.